The Morgan fingerprint density at radius 3 is 2.19 bits per heavy atom. The highest BCUT2D eigenvalue weighted by Crippen LogP contribution is 2.35. The van der Waals surface area contributed by atoms with E-state index in [0.717, 1.165) is 54.6 Å². The summed E-state index contributed by atoms with van der Waals surface area (Å²) in [4.78, 5) is 30.7. The average Bonchev–Trinajstić information content (AvgIpc) is 3.06. The Kier molecular flexibility index (Phi) is 6.21. The number of hydrogen-bond acceptors (Lipinski definition) is 5. The van der Waals surface area contributed by atoms with Crippen LogP contribution in [0, 0.1) is 13.8 Å². The summed E-state index contributed by atoms with van der Waals surface area (Å²) in [6.45, 7) is 5.86. The number of benzene rings is 2. The summed E-state index contributed by atoms with van der Waals surface area (Å²) in [6, 6.07) is 11.4. The number of aryl methyl sites for hydroxylation is 2. The minimum atomic E-state index is -0.242. The van der Waals surface area contributed by atoms with Crippen molar-refractivity contribution in [2.45, 2.75) is 39.7 Å². The highest BCUT2D eigenvalue weighted by molar-refractivity contribution is 6.35. The van der Waals surface area contributed by atoms with Gasteiger partial charge in [0.05, 0.1) is 26.3 Å². The highest BCUT2D eigenvalue weighted by Gasteiger charge is 2.41. The van der Waals surface area contributed by atoms with Crippen LogP contribution in [0.3, 0.4) is 0 Å². The minimum Gasteiger partial charge on any atom is -0.493 e. The van der Waals surface area contributed by atoms with Gasteiger partial charge in [0.2, 0.25) is 0 Å². The quantitative estimate of drug-likeness (QED) is 0.641. The smallest absolute Gasteiger partial charge is 0.278 e. The molecule has 0 N–H and O–H groups in total. The fourth-order valence-corrected chi connectivity index (χ4v) is 4.44. The van der Waals surface area contributed by atoms with Gasteiger partial charge >= 0.3 is 0 Å². The summed E-state index contributed by atoms with van der Waals surface area (Å²) < 4.78 is 10.7. The van der Waals surface area contributed by atoms with E-state index in [1.54, 1.807) is 20.3 Å². The monoisotopic (exact) mass is 434 g/mol. The Labute approximate surface area is 189 Å². The Hall–Kier alpha value is -3.28. The van der Waals surface area contributed by atoms with E-state index < -0.39 is 0 Å². The number of nitrogens with zero attached hydrogens (tertiary/aromatic N) is 2. The van der Waals surface area contributed by atoms with Gasteiger partial charge in [-0.1, -0.05) is 24.3 Å². The third-order valence-electron chi connectivity index (χ3n) is 6.40. The Morgan fingerprint density at radius 1 is 0.812 bits per heavy atom. The first-order chi connectivity index (χ1) is 15.4. The number of ether oxygens (including phenoxy) is 2. The molecule has 0 atom stereocenters. The molecule has 6 heteroatoms. The highest BCUT2D eigenvalue weighted by atomic mass is 16.5. The molecule has 168 valence electrons. The molecule has 2 aliphatic heterocycles. The first-order valence-corrected chi connectivity index (χ1v) is 11.1. The maximum Gasteiger partial charge on any atom is 0.278 e. The van der Waals surface area contributed by atoms with Gasteiger partial charge < -0.3 is 14.4 Å². The number of carbonyl (C=O) groups is 2. The maximum atomic E-state index is 13.6. The average molecular weight is 435 g/mol. The third-order valence-corrected chi connectivity index (χ3v) is 6.40. The van der Waals surface area contributed by atoms with E-state index in [1.807, 2.05) is 44.2 Å². The molecule has 0 bridgehead atoms. The minimum absolute atomic E-state index is 0.184. The molecule has 0 saturated carbocycles. The molecular weight excluding hydrogens is 404 g/mol. The second-order valence-electron chi connectivity index (χ2n) is 8.46. The molecule has 1 fully saturated rings. The zero-order valence-electron chi connectivity index (χ0n) is 19.2. The van der Waals surface area contributed by atoms with Crippen LogP contribution in [0.25, 0.3) is 5.57 Å². The summed E-state index contributed by atoms with van der Waals surface area (Å²) in [5.41, 5.74) is 4.93. The Bertz CT molecular complexity index is 1080. The molecule has 1 saturated heterocycles. The van der Waals surface area contributed by atoms with E-state index in [-0.39, 0.29) is 18.4 Å². The lowest BCUT2D eigenvalue weighted by Crippen LogP contribution is -2.36. The van der Waals surface area contributed by atoms with Crippen molar-refractivity contribution in [3.63, 3.8) is 0 Å². The maximum absolute atomic E-state index is 13.6. The molecule has 32 heavy (non-hydrogen) atoms. The number of rotatable bonds is 6. The van der Waals surface area contributed by atoms with E-state index in [9.17, 15) is 9.59 Å². The molecule has 2 aromatic rings. The van der Waals surface area contributed by atoms with Gasteiger partial charge in [0.1, 0.15) is 5.70 Å². The summed E-state index contributed by atoms with van der Waals surface area (Å²) in [6.07, 6.45) is 3.21. The molecule has 0 aromatic heterocycles. The summed E-state index contributed by atoms with van der Waals surface area (Å²) in [7, 11) is 3.15. The van der Waals surface area contributed by atoms with Crippen molar-refractivity contribution in [3.05, 3.63) is 64.3 Å². The molecule has 0 spiro atoms. The van der Waals surface area contributed by atoms with Gasteiger partial charge in [0.15, 0.2) is 11.5 Å². The van der Waals surface area contributed by atoms with Crippen LogP contribution in [0.15, 0.2) is 42.1 Å². The molecule has 2 aliphatic rings. The Balaban J connectivity index is 1.72. The summed E-state index contributed by atoms with van der Waals surface area (Å²) >= 11 is 0. The van der Waals surface area contributed by atoms with Crippen LogP contribution in [0.1, 0.15) is 41.5 Å². The summed E-state index contributed by atoms with van der Waals surface area (Å²) in [5.74, 6) is 0.717. The van der Waals surface area contributed by atoms with Crippen LogP contribution in [-0.2, 0) is 16.1 Å². The standard InChI is InChI=1S/C26H30N2O4/c1-17-8-10-20(14-18(17)2)23-24(27-12-6-5-7-13-27)26(30)28(25(23)29)16-19-9-11-21(31-3)22(15-19)32-4/h8-11,14-15H,5-7,12-13,16H2,1-4H3. The number of amides is 2. The summed E-state index contributed by atoms with van der Waals surface area (Å²) in [5, 5.41) is 0. The fourth-order valence-electron chi connectivity index (χ4n) is 4.44. The first-order valence-electron chi connectivity index (χ1n) is 11.1. The van der Waals surface area contributed by atoms with E-state index >= 15 is 0 Å². The lowest BCUT2D eigenvalue weighted by atomic mass is 9.98. The molecule has 2 aromatic carbocycles. The van der Waals surface area contributed by atoms with Crippen molar-refractivity contribution < 1.29 is 19.1 Å². The van der Waals surface area contributed by atoms with Gasteiger partial charge in [-0.25, -0.2) is 0 Å². The largest absolute Gasteiger partial charge is 0.493 e. The number of imide groups is 1. The van der Waals surface area contributed by atoms with Crippen LogP contribution in [-0.4, -0.2) is 48.9 Å². The SMILES string of the molecule is COc1ccc(CN2C(=O)C(c3ccc(C)c(C)c3)=C(N3CCCCC3)C2=O)cc1OC. The molecule has 4 rings (SSSR count). The normalized spacial score (nSPS) is 16.8. The first kappa shape index (κ1) is 21.9. The van der Waals surface area contributed by atoms with Crippen LogP contribution in [0.2, 0.25) is 0 Å². The molecule has 0 radical (unpaired) electrons. The van der Waals surface area contributed by atoms with Crippen LogP contribution in [0.4, 0.5) is 0 Å². The lowest BCUT2D eigenvalue weighted by Gasteiger charge is -2.29. The number of likely N-dealkylation sites (tertiary alicyclic amines) is 1. The van der Waals surface area contributed by atoms with Gasteiger partial charge in [-0.05, 0) is 67.5 Å². The predicted octanol–water partition coefficient (Wildman–Crippen LogP) is 4.09. The molecule has 0 aliphatic carbocycles. The molecule has 2 amide bonds. The lowest BCUT2D eigenvalue weighted by molar-refractivity contribution is -0.138. The van der Waals surface area contributed by atoms with E-state index in [2.05, 4.69) is 4.90 Å². The van der Waals surface area contributed by atoms with Crippen molar-refractivity contribution in [2.75, 3.05) is 27.3 Å². The van der Waals surface area contributed by atoms with Gasteiger partial charge in [0, 0.05) is 13.1 Å². The van der Waals surface area contributed by atoms with Gasteiger partial charge in [-0.3, -0.25) is 14.5 Å². The Morgan fingerprint density at radius 2 is 1.53 bits per heavy atom. The van der Waals surface area contributed by atoms with Crippen LogP contribution in [0.5, 0.6) is 11.5 Å². The number of hydrogen-bond donors (Lipinski definition) is 0. The topological polar surface area (TPSA) is 59.1 Å². The zero-order valence-corrected chi connectivity index (χ0v) is 19.2. The zero-order chi connectivity index (χ0) is 22.8. The number of carbonyl (C=O) groups excluding carboxylic acids is 2. The predicted molar refractivity (Wildman–Crippen MR) is 123 cm³/mol. The number of methoxy groups -OCH3 is 2. The van der Waals surface area contributed by atoms with Crippen molar-refractivity contribution in [3.8, 4) is 11.5 Å². The molecule has 2 heterocycles. The molecule has 6 nitrogen and oxygen atoms in total. The van der Waals surface area contributed by atoms with Crippen LogP contribution >= 0.6 is 0 Å². The van der Waals surface area contributed by atoms with Crippen molar-refractivity contribution in [1.82, 2.24) is 9.80 Å². The second kappa shape index (κ2) is 9.07. The van der Waals surface area contributed by atoms with Crippen molar-refractivity contribution in [2.24, 2.45) is 0 Å². The van der Waals surface area contributed by atoms with Crippen LogP contribution < -0.4 is 9.47 Å². The fraction of sp³-hybridized carbons (Fsp3) is 0.385. The van der Waals surface area contributed by atoms with E-state index in [4.69, 9.17) is 9.47 Å². The third kappa shape index (κ3) is 3.97. The number of piperidine rings is 1. The van der Waals surface area contributed by atoms with Crippen molar-refractivity contribution in [1.29, 1.82) is 0 Å². The second-order valence-corrected chi connectivity index (χ2v) is 8.46. The van der Waals surface area contributed by atoms with E-state index in [0.29, 0.717) is 22.8 Å². The van der Waals surface area contributed by atoms with Gasteiger partial charge in [0.25, 0.3) is 11.8 Å². The molecular formula is C26H30N2O4. The van der Waals surface area contributed by atoms with Gasteiger partial charge in [-0.2, -0.15) is 0 Å². The van der Waals surface area contributed by atoms with E-state index in [1.165, 1.54) is 4.90 Å². The molecule has 0 unspecified atom stereocenters. The van der Waals surface area contributed by atoms with Gasteiger partial charge in [-0.15, -0.1) is 0 Å². The van der Waals surface area contributed by atoms with Crippen molar-refractivity contribution >= 4 is 17.4 Å².